The molecule has 2 aromatic heterocycles. The van der Waals surface area contributed by atoms with Crippen LogP contribution < -0.4 is 0 Å². The third-order valence-electron chi connectivity index (χ3n) is 4.12. The predicted octanol–water partition coefficient (Wildman–Crippen LogP) is 1.65. The first-order valence-corrected chi connectivity index (χ1v) is 8.81. The van der Waals surface area contributed by atoms with E-state index in [0.29, 0.717) is 0 Å². The topological polar surface area (TPSA) is 48.1 Å². The summed E-state index contributed by atoms with van der Waals surface area (Å²) in [5.74, 6) is 0. The van der Waals surface area contributed by atoms with Crippen LogP contribution in [0.4, 0.5) is 0 Å². The highest BCUT2D eigenvalue weighted by molar-refractivity contribution is 7.98. The molecule has 1 saturated heterocycles. The maximum Gasteiger partial charge on any atom is 0.168 e. The second-order valence-electron chi connectivity index (χ2n) is 5.55. The molecule has 6 nitrogen and oxygen atoms in total. The van der Waals surface area contributed by atoms with Gasteiger partial charge in [-0.1, -0.05) is 11.8 Å². The minimum Gasteiger partial charge on any atom is -0.379 e. The second kappa shape index (κ2) is 6.85. The van der Waals surface area contributed by atoms with E-state index in [9.17, 15) is 0 Å². The first-order valence-electron chi connectivity index (χ1n) is 7.58. The molecule has 1 aliphatic rings. The zero-order valence-electron chi connectivity index (χ0n) is 13.4. The van der Waals surface area contributed by atoms with E-state index in [2.05, 4.69) is 26.4 Å². The van der Waals surface area contributed by atoms with Gasteiger partial charge in [0.2, 0.25) is 0 Å². The lowest BCUT2D eigenvalue weighted by molar-refractivity contribution is 0.0363. The number of rotatable bonds is 5. The highest BCUT2D eigenvalue weighted by atomic mass is 32.2. The van der Waals surface area contributed by atoms with E-state index in [4.69, 9.17) is 4.74 Å². The van der Waals surface area contributed by atoms with Crippen molar-refractivity contribution in [1.29, 1.82) is 0 Å². The van der Waals surface area contributed by atoms with Gasteiger partial charge in [0.1, 0.15) is 11.4 Å². The number of ether oxygens (including phenoxy) is 1. The summed E-state index contributed by atoms with van der Waals surface area (Å²) in [6.07, 6.45) is 6.02. The van der Waals surface area contributed by atoms with Crippen molar-refractivity contribution < 1.29 is 4.74 Å². The summed E-state index contributed by atoms with van der Waals surface area (Å²) in [5.41, 5.74) is 3.12. The Balaban J connectivity index is 1.70. The maximum atomic E-state index is 5.39. The van der Waals surface area contributed by atoms with Crippen LogP contribution in [0.15, 0.2) is 17.7 Å². The summed E-state index contributed by atoms with van der Waals surface area (Å²) in [5, 5.41) is 1.01. The molecule has 0 bridgehead atoms. The van der Waals surface area contributed by atoms with Crippen LogP contribution in [0.5, 0.6) is 0 Å². The number of morpholine rings is 1. The van der Waals surface area contributed by atoms with Crippen LogP contribution in [-0.2, 0) is 18.3 Å². The Hall–Kier alpha value is -1.31. The van der Waals surface area contributed by atoms with Crippen molar-refractivity contribution >= 4 is 11.8 Å². The molecule has 0 aliphatic carbocycles. The van der Waals surface area contributed by atoms with Crippen molar-refractivity contribution in [3.8, 4) is 11.4 Å². The summed E-state index contributed by atoms with van der Waals surface area (Å²) < 4.78 is 9.66. The van der Waals surface area contributed by atoms with Gasteiger partial charge in [0.15, 0.2) is 5.16 Å². The quantitative estimate of drug-likeness (QED) is 0.784. The molecule has 0 spiro atoms. The molecule has 0 atom stereocenters. The molecule has 7 heteroatoms. The van der Waals surface area contributed by atoms with Crippen molar-refractivity contribution in [3.63, 3.8) is 0 Å². The molecule has 120 valence electrons. The Morgan fingerprint density at radius 2 is 2.05 bits per heavy atom. The zero-order chi connectivity index (χ0) is 15.5. The van der Waals surface area contributed by atoms with Gasteiger partial charge < -0.3 is 13.9 Å². The van der Waals surface area contributed by atoms with Crippen molar-refractivity contribution in [2.24, 2.45) is 7.05 Å². The normalized spacial score (nSPS) is 16.3. The first kappa shape index (κ1) is 15.6. The summed E-state index contributed by atoms with van der Waals surface area (Å²) in [4.78, 5) is 11.7. The SMILES string of the molecule is CSc1nc(-c2ncn(CCN3CCOCC3)c2C)cn1C. The zero-order valence-corrected chi connectivity index (χ0v) is 14.3. The molecule has 0 saturated carbocycles. The lowest BCUT2D eigenvalue weighted by atomic mass is 10.3. The van der Waals surface area contributed by atoms with E-state index in [1.165, 1.54) is 5.69 Å². The van der Waals surface area contributed by atoms with Crippen LogP contribution in [0.1, 0.15) is 5.69 Å². The summed E-state index contributed by atoms with van der Waals surface area (Å²) in [6.45, 7) is 7.86. The van der Waals surface area contributed by atoms with E-state index in [1.807, 2.05) is 30.4 Å². The van der Waals surface area contributed by atoms with Crippen LogP contribution in [0, 0.1) is 6.92 Å². The Bertz CT molecular complexity index is 630. The fraction of sp³-hybridized carbons (Fsp3) is 0.600. The van der Waals surface area contributed by atoms with E-state index in [0.717, 1.165) is 55.9 Å². The highest BCUT2D eigenvalue weighted by Crippen LogP contribution is 2.23. The van der Waals surface area contributed by atoms with Crippen LogP contribution in [0.3, 0.4) is 0 Å². The monoisotopic (exact) mass is 321 g/mol. The molecule has 3 rings (SSSR count). The minimum absolute atomic E-state index is 0.847. The number of nitrogens with zero attached hydrogens (tertiary/aromatic N) is 5. The summed E-state index contributed by atoms with van der Waals surface area (Å²) in [6, 6.07) is 0. The number of hydrogen-bond donors (Lipinski definition) is 0. The fourth-order valence-electron chi connectivity index (χ4n) is 2.75. The predicted molar refractivity (Wildman–Crippen MR) is 88.2 cm³/mol. The van der Waals surface area contributed by atoms with Gasteiger partial charge in [-0.15, -0.1) is 0 Å². The van der Waals surface area contributed by atoms with Gasteiger partial charge in [0, 0.05) is 45.1 Å². The molecule has 2 aromatic rings. The standard InChI is InChI=1S/C15H23N5OS/c1-12-14(13-10-18(2)15(17-13)22-3)16-11-20(12)5-4-19-6-8-21-9-7-19/h10-11H,4-9H2,1-3H3. The molecule has 1 fully saturated rings. The number of aryl methyl sites for hydroxylation is 1. The summed E-state index contributed by atoms with van der Waals surface area (Å²) in [7, 11) is 2.02. The van der Waals surface area contributed by atoms with Crippen LogP contribution in [0.2, 0.25) is 0 Å². The van der Waals surface area contributed by atoms with Crippen molar-refractivity contribution in [3.05, 3.63) is 18.2 Å². The van der Waals surface area contributed by atoms with Crippen LogP contribution in [-0.4, -0.2) is 63.1 Å². The van der Waals surface area contributed by atoms with Gasteiger partial charge in [-0.3, -0.25) is 4.90 Å². The number of thioether (sulfide) groups is 1. The molecule has 22 heavy (non-hydrogen) atoms. The molecule has 0 amide bonds. The number of aromatic nitrogens is 4. The van der Waals surface area contributed by atoms with E-state index >= 15 is 0 Å². The molecule has 0 aromatic carbocycles. The molecule has 0 unspecified atom stereocenters. The molecular formula is C15H23N5OS. The Labute approximate surface area is 135 Å². The van der Waals surface area contributed by atoms with E-state index in [-0.39, 0.29) is 0 Å². The van der Waals surface area contributed by atoms with Gasteiger partial charge in [-0.2, -0.15) is 0 Å². The maximum absolute atomic E-state index is 5.39. The number of hydrogen-bond acceptors (Lipinski definition) is 5. The number of imidazole rings is 2. The van der Waals surface area contributed by atoms with Gasteiger partial charge in [0.05, 0.1) is 19.5 Å². The third kappa shape index (κ3) is 3.21. The Morgan fingerprint density at radius 3 is 2.73 bits per heavy atom. The minimum atomic E-state index is 0.847. The van der Waals surface area contributed by atoms with Gasteiger partial charge in [-0.25, -0.2) is 9.97 Å². The van der Waals surface area contributed by atoms with E-state index < -0.39 is 0 Å². The van der Waals surface area contributed by atoms with Gasteiger partial charge in [-0.05, 0) is 13.2 Å². The first-order chi connectivity index (χ1) is 10.7. The molecule has 1 aliphatic heterocycles. The van der Waals surface area contributed by atoms with Gasteiger partial charge >= 0.3 is 0 Å². The molecule has 0 radical (unpaired) electrons. The lowest BCUT2D eigenvalue weighted by Crippen LogP contribution is -2.38. The van der Waals surface area contributed by atoms with Crippen molar-refractivity contribution in [2.45, 2.75) is 18.6 Å². The van der Waals surface area contributed by atoms with Crippen molar-refractivity contribution in [2.75, 3.05) is 39.1 Å². The largest absolute Gasteiger partial charge is 0.379 e. The molecule has 3 heterocycles. The average Bonchev–Trinajstić information content (AvgIpc) is 3.09. The average molecular weight is 321 g/mol. The molecular weight excluding hydrogens is 298 g/mol. The van der Waals surface area contributed by atoms with Crippen molar-refractivity contribution in [1.82, 2.24) is 24.0 Å². The highest BCUT2D eigenvalue weighted by Gasteiger charge is 2.15. The third-order valence-corrected chi connectivity index (χ3v) is 4.86. The Morgan fingerprint density at radius 1 is 1.27 bits per heavy atom. The Kier molecular flexibility index (Phi) is 4.85. The fourth-order valence-corrected chi connectivity index (χ4v) is 3.28. The smallest absolute Gasteiger partial charge is 0.168 e. The summed E-state index contributed by atoms with van der Waals surface area (Å²) >= 11 is 1.65. The molecule has 0 N–H and O–H groups in total. The second-order valence-corrected chi connectivity index (χ2v) is 6.32. The van der Waals surface area contributed by atoms with Crippen LogP contribution in [0.25, 0.3) is 11.4 Å². The van der Waals surface area contributed by atoms with Crippen LogP contribution >= 0.6 is 11.8 Å². The van der Waals surface area contributed by atoms with E-state index in [1.54, 1.807) is 11.8 Å². The van der Waals surface area contributed by atoms with Gasteiger partial charge in [0.25, 0.3) is 0 Å². The lowest BCUT2D eigenvalue weighted by Gasteiger charge is -2.26.